The van der Waals surface area contributed by atoms with Gasteiger partial charge in [-0.3, -0.25) is 9.59 Å². The largest absolute Gasteiger partial charge is 0.507 e. The van der Waals surface area contributed by atoms with Gasteiger partial charge in [-0.25, -0.2) is 12.7 Å². The highest BCUT2D eigenvalue weighted by molar-refractivity contribution is 7.89. The van der Waals surface area contributed by atoms with Crippen molar-refractivity contribution in [2.24, 2.45) is 0 Å². The number of amides is 1. The fourth-order valence-electron chi connectivity index (χ4n) is 4.15. The summed E-state index contributed by atoms with van der Waals surface area (Å²) in [4.78, 5) is 27.7. The van der Waals surface area contributed by atoms with Crippen LogP contribution in [0.4, 0.5) is 0 Å². The Bertz CT molecular complexity index is 1260. The number of carbonyl (C=O) groups excluding carboxylic acids is 2. The Balaban J connectivity index is 2.11. The Morgan fingerprint density at radius 1 is 1.03 bits per heavy atom. The van der Waals surface area contributed by atoms with Gasteiger partial charge in [0.2, 0.25) is 10.0 Å². The molecule has 1 aliphatic rings. The molecule has 9 heteroatoms. The van der Waals surface area contributed by atoms with E-state index in [-0.39, 0.29) is 33.8 Å². The number of aliphatic hydroxyl groups is 1. The first kappa shape index (κ1) is 27.6. The van der Waals surface area contributed by atoms with E-state index in [0.29, 0.717) is 18.6 Å². The summed E-state index contributed by atoms with van der Waals surface area (Å²) in [6.07, 6.45) is 0.525. The van der Waals surface area contributed by atoms with Crippen molar-refractivity contribution in [3.05, 3.63) is 70.8 Å². The molecule has 0 saturated carbocycles. The molecule has 1 N–H and O–H groups in total. The lowest BCUT2D eigenvalue weighted by molar-refractivity contribution is -0.140. The monoisotopic (exact) mass is 514 g/mol. The summed E-state index contributed by atoms with van der Waals surface area (Å²) in [5.41, 5.74) is 1.95. The second-order valence-electron chi connectivity index (χ2n) is 10.0. The van der Waals surface area contributed by atoms with E-state index in [1.54, 1.807) is 7.11 Å². The first-order chi connectivity index (χ1) is 16.8. The maximum atomic E-state index is 13.1. The summed E-state index contributed by atoms with van der Waals surface area (Å²) in [6.45, 7) is 6.98. The molecular formula is C27H34N2O6S. The topological polar surface area (TPSA) is 104 Å². The standard InChI is InChI=1S/C27H34N2O6S/c1-27(2,3)20-12-8-18(9-13-20)23-22(25(31)26(32)29(23)16-7-17-35-6)24(30)19-10-14-21(15-11-19)36(33,34)28(4)5/h8-15,23,30H,7,16-17H2,1-6H3/b24-22+/t23-/m1/s1. The second-order valence-corrected chi connectivity index (χ2v) is 12.2. The molecule has 0 bridgehead atoms. The van der Waals surface area contributed by atoms with Gasteiger partial charge in [-0.2, -0.15) is 0 Å². The number of methoxy groups -OCH3 is 1. The smallest absolute Gasteiger partial charge is 0.295 e. The minimum Gasteiger partial charge on any atom is -0.507 e. The number of hydrogen-bond donors (Lipinski definition) is 1. The Labute approximate surface area is 213 Å². The van der Waals surface area contributed by atoms with Gasteiger partial charge in [0.1, 0.15) is 5.76 Å². The van der Waals surface area contributed by atoms with E-state index in [0.717, 1.165) is 9.87 Å². The number of benzene rings is 2. The van der Waals surface area contributed by atoms with E-state index < -0.39 is 27.8 Å². The Kier molecular flexibility index (Phi) is 8.07. The summed E-state index contributed by atoms with van der Waals surface area (Å²) < 4.78 is 31.0. The van der Waals surface area contributed by atoms with Crippen LogP contribution in [-0.4, -0.2) is 68.8 Å². The van der Waals surface area contributed by atoms with Crippen molar-refractivity contribution in [1.29, 1.82) is 0 Å². The van der Waals surface area contributed by atoms with E-state index >= 15 is 0 Å². The van der Waals surface area contributed by atoms with Gasteiger partial charge in [0.05, 0.1) is 16.5 Å². The van der Waals surface area contributed by atoms with Gasteiger partial charge in [0.15, 0.2) is 0 Å². The molecule has 36 heavy (non-hydrogen) atoms. The van der Waals surface area contributed by atoms with Crippen molar-refractivity contribution in [3.63, 3.8) is 0 Å². The zero-order chi connectivity index (χ0) is 26.8. The lowest BCUT2D eigenvalue weighted by atomic mass is 9.85. The van der Waals surface area contributed by atoms with E-state index in [2.05, 4.69) is 20.8 Å². The summed E-state index contributed by atoms with van der Waals surface area (Å²) in [7, 11) is 0.771. The molecule has 1 fully saturated rings. The summed E-state index contributed by atoms with van der Waals surface area (Å²) >= 11 is 0. The van der Waals surface area contributed by atoms with Gasteiger partial charge in [-0.15, -0.1) is 0 Å². The SMILES string of the molecule is COCCCN1C(=O)C(=O)/C(=C(/O)c2ccc(S(=O)(=O)N(C)C)cc2)[C@H]1c1ccc(C(C)(C)C)cc1. The molecule has 1 atom stereocenters. The molecule has 1 saturated heterocycles. The molecule has 0 aromatic heterocycles. The maximum Gasteiger partial charge on any atom is 0.295 e. The fourth-order valence-corrected chi connectivity index (χ4v) is 5.05. The number of carbonyl (C=O) groups is 2. The van der Waals surface area contributed by atoms with Crippen LogP contribution in [0, 0.1) is 0 Å². The van der Waals surface area contributed by atoms with Gasteiger partial charge in [-0.1, -0.05) is 45.0 Å². The van der Waals surface area contributed by atoms with Crippen molar-refractivity contribution >= 4 is 27.5 Å². The number of likely N-dealkylation sites (tertiary alicyclic amines) is 1. The van der Waals surface area contributed by atoms with Gasteiger partial charge in [0.25, 0.3) is 11.7 Å². The average molecular weight is 515 g/mol. The van der Waals surface area contributed by atoms with E-state index in [1.165, 1.54) is 43.3 Å². The van der Waals surface area contributed by atoms with Crippen molar-refractivity contribution < 1.29 is 27.9 Å². The van der Waals surface area contributed by atoms with Crippen LogP contribution in [-0.2, 0) is 29.8 Å². The predicted octanol–water partition coefficient (Wildman–Crippen LogP) is 3.69. The van der Waals surface area contributed by atoms with Crippen LogP contribution in [0.25, 0.3) is 5.76 Å². The molecule has 2 aromatic carbocycles. The molecule has 0 spiro atoms. The van der Waals surface area contributed by atoms with Gasteiger partial charge in [-0.05, 0) is 47.2 Å². The van der Waals surface area contributed by atoms with Crippen LogP contribution >= 0.6 is 0 Å². The van der Waals surface area contributed by atoms with Crippen LogP contribution in [0.1, 0.15) is 49.9 Å². The first-order valence-corrected chi connectivity index (χ1v) is 13.2. The van der Waals surface area contributed by atoms with Gasteiger partial charge in [0, 0.05) is 39.9 Å². The zero-order valence-electron chi connectivity index (χ0n) is 21.6. The zero-order valence-corrected chi connectivity index (χ0v) is 22.4. The molecule has 8 nitrogen and oxygen atoms in total. The molecule has 0 aliphatic carbocycles. The number of nitrogens with zero attached hydrogens (tertiary/aromatic N) is 2. The molecule has 3 rings (SSSR count). The van der Waals surface area contributed by atoms with E-state index in [1.807, 2.05) is 24.3 Å². The van der Waals surface area contributed by atoms with Crippen LogP contribution in [0.5, 0.6) is 0 Å². The molecule has 1 amide bonds. The fraction of sp³-hybridized carbons (Fsp3) is 0.407. The van der Waals surface area contributed by atoms with Crippen molar-refractivity contribution in [3.8, 4) is 0 Å². The number of ether oxygens (including phenoxy) is 1. The Morgan fingerprint density at radius 3 is 2.11 bits per heavy atom. The molecule has 2 aromatic rings. The maximum absolute atomic E-state index is 13.1. The number of Topliss-reactive ketones (excluding diaryl/α,β-unsaturated/α-hetero) is 1. The van der Waals surface area contributed by atoms with Gasteiger partial charge < -0.3 is 14.7 Å². The third-order valence-electron chi connectivity index (χ3n) is 6.29. The average Bonchev–Trinajstić information content (AvgIpc) is 3.08. The summed E-state index contributed by atoms with van der Waals surface area (Å²) in [5, 5.41) is 11.2. The lowest BCUT2D eigenvalue weighted by Crippen LogP contribution is -2.31. The third-order valence-corrected chi connectivity index (χ3v) is 8.12. The number of hydrogen-bond acceptors (Lipinski definition) is 6. The van der Waals surface area contributed by atoms with Crippen LogP contribution in [0.15, 0.2) is 59.0 Å². The summed E-state index contributed by atoms with van der Waals surface area (Å²) in [5.74, 6) is -1.81. The molecule has 0 radical (unpaired) electrons. The quantitative estimate of drug-likeness (QED) is 0.249. The molecule has 1 aliphatic heterocycles. The van der Waals surface area contributed by atoms with E-state index in [4.69, 9.17) is 4.74 Å². The normalized spacial score (nSPS) is 18.3. The predicted molar refractivity (Wildman–Crippen MR) is 138 cm³/mol. The number of aliphatic hydroxyl groups excluding tert-OH is 1. The molecule has 1 heterocycles. The van der Waals surface area contributed by atoms with Crippen molar-refractivity contribution in [2.45, 2.75) is 43.5 Å². The Morgan fingerprint density at radius 2 is 1.61 bits per heavy atom. The minimum atomic E-state index is -3.66. The third kappa shape index (κ3) is 5.38. The second kappa shape index (κ2) is 10.5. The van der Waals surface area contributed by atoms with E-state index in [9.17, 15) is 23.1 Å². The van der Waals surface area contributed by atoms with Crippen LogP contribution in [0.3, 0.4) is 0 Å². The molecular weight excluding hydrogens is 480 g/mol. The van der Waals surface area contributed by atoms with Gasteiger partial charge >= 0.3 is 0 Å². The highest BCUT2D eigenvalue weighted by Gasteiger charge is 2.45. The summed E-state index contributed by atoms with van der Waals surface area (Å²) in [6, 6.07) is 12.5. The number of ketones is 1. The van der Waals surface area contributed by atoms with Crippen molar-refractivity contribution in [1.82, 2.24) is 9.21 Å². The highest BCUT2D eigenvalue weighted by Crippen LogP contribution is 2.40. The lowest BCUT2D eigenvalue weighted by Gasteiger charge is -2.26. The van der Waals surface area contributed by atoms with Crippen molar-refractivity contribution in [2.75, 3.05) is 34.4 Å². The number of rotatable bonds is 8. The highest BCUT2D eigenvalue weighted by atomic mass is 32.2. The minimum absolute atomic E-state index is 0.0239. The Hall–Kier alpha value is -3.01. The first-order valence-electron chi connectivity index (χ1n) is 11.7. The molecule has 194 valence electrons. The molecule has 0 unspecified atom stereocenters. The van der Waals surface area contributed by atoms with Crippen LogP contribution in [0.2, 0.25) is 0 Å². The van der Waals surface area contributed by atoms with Crippen LogP contribution < -0.4 is 0 Å². The number of sulfonamides is 1.